The molecule has 0 amide bonds. The zero-order chi connectivity index (χ0) is 11.4. The maximum atomic E-state index is 10.6. The van der Waals surface area contributed by atoms with Crippen LogP contribution in [0.4, 0.5) is 5.69 Å². The number of piperazine rings is 1. The van der Waals surface area contributed by atoms with Crippen molar-refractivity contribution < 1.29 is 9.90 Å². The van der Waals surface area contributed by atoms with E-state index < -0.39 is 5.97 Å². The highest BCUT2D eigenvalue weighted by Crippen LogP contribution is 2.14. The van der Waals surface area contributed by atoms with Crippen LogP contribution < -0.4 is 4.90 Å². The molecule has 0 spiro atoms. The van der Waals surface area contributed by atoms with E-state index >= 15 is 0 Å². The summed E-state index contributed by atoms with van der Waals surface area (Å²) < 4.78 is 0. The Morgan fingerprint density at radius 3 is 2.44 bits per heavy atom. The Balaban J connectivity index is 1.88. The average molecular weight is 221 g/mol. The van der Waals surface area contributed by atoms with Gasteiger partial charge in [0, 0.05) is 44.3 Å². The molecule has 1 aromatic rings. The van der Waals surface area contributed by atoms with Crippen LogP contribution in [0.1, 0.15) is 0 Å². The highest BCUT2D eigenvalue weighted by molar-refractivity contribution is 5.69. The van der Waals surface area contributed by atoms with E-state index in [1.54, 1.807) is 12.4 Å². The minimum atomic E-state index is -0.752. The minimum Gasteiger partial charge on any atom is -0.480 e. The molecule has 0 aliphatic carbocycles. The van der Waals surface area contributed by atoms with Crippen molar-refractivity contribution in [3.05, 3.63) is 24.5 Å². The van der Waals surface area contributed by atoms with Crippen molar-refractivity contribution in [2.75, 3.05) is 37.6 Å². The molecule has 1 fully saturated rings. The van der Waals surface area contributed by atoms with Gasteiger partial charge in [0.1, 0.15) is 0 Å². The summed E-state index contributed by atoms with van der Waals surface area (Å²) in [7, 11) is 0. The molecule has 1 aliphatic rings. The fourth-order valence-electron chi connectivity index (χ4n) is 1.91. The molecular formula is C11H15N3O2. The number of hydrogen-bond donors (Lipinski definition) is 1. The molecule has 1 saturated heterocycles. The largest absolute Gasteiger partial charge is 0.480 e. The fraction of sp³-hybridized carbons (Fsp3) is 0.455. The van der Waals surface area contributed by atoms with Gasteiger partial charge in [-0.2, -0.15) is 0 Å². The van der Waals surface area contributed by atoms with Gasteiger partial charge in [0.25, 0.3) is 0 Å². The van der Waals surface area contributed by atoms with Crippen LogP contribution >= 0.6 is 0 Å². The van der Waals surface area contributed by atoms with E-state index in [1.165, 1.54) is 0 Å². The molecule has 1 N–H and O–H groups in total. The van der Waals surface area contributed by atoms with Gasteiger partial charge in [-0.05, 0) is 12.1 Å². The van der Waals surface area contributed by atoms with Gasteiger partial charge in [0.15, 0.2) is 0 Å². The smallest absolute Gasteiger partial charge is 0.317 e. The van der Waals surface area contributed by atoms with Gasteiger partial charge in [0.05, 0.1) is 6.54 Å². The first-order valence-electron chi connectivity index (χ1n) is 5.35. The van der Waals surface area contributed by atoms with E-state index in [-0.39, 0.29) is 6.54 Å². The van der Waals surface area contributed by atoms with E-state index in [2.05, 4.69) is 9.88 Å². The van der Waals surface area contributed by atoms with Crippen LogP contribution in [0.5, 0.6) is 0 Å². The molecule has 0 unspecified atom stereocenters. The van der Waals surface area contributed by atoms with Gasteiger partial charge in [-0.15, -0.1) is 0 Å². The summed E-state index contributed by atoms with van der Waals surface area (Å²) in [6, 6.07) is 3.96. The Kier molecular flexibility index (Phi) is 3.36. The normalized spacial score (nSPS) is 17.4. The van der Waals surface area contributed by atoms with Crippen LogP contribution in [-0.4, -0.2) is 53.7 Å². The van der Waals surface area contributed by atoms with Gasteiger partial charge in [-0.1, -0.05) is 0 Å². The predicted octanol–water partition coefficient (Wildman–Crippen LogP) is 0.288. The lowest BCUT2D eigenvalue weighted by atomic mass is 10.2. The second kappa shape index (κ2) is 4.94. The van der Waals surface area contributed by atoms with Crippen LogP contribution in [0.2, 0.25) is 0 Å². The number of aromatic nitrogens is 1. The van der Waals surface area contributed by atoms with Crippen molar-refractivity contribution in [1.82, 2.24) is 9.88 Å². The standard InChI is InChI=1S/C11H15N3O2/c15-11(16)9-13-5-7-14(8-6-13)10-1-3-12-4-2-10/h1-4H,5-9H2,(H,15,16). The van der Waals surface area contributed by atoms with Crippen LogP contribution in [0.25, 0.3) is 0 Å². The van der Waals surface area contributed by atoms with Crippen molar-refractivity contribution in [1.29, 1.82) is 0 Å². The lowest BCUT2D eigenvalue weighted by Gasteiger charge is -2.35. The molecule has 2 rings (SSSR count). The molecule has 1 aliphatic heterocycles. The second-order valence-electron chi connectivity index (χ2n) is 3.86. The molecule has 0 atom stereocenters. The molecule has 0 radical (unpaired) electrons. The summed E-state index contributed by atoms with van der Waals surface area (Å²) in [6.45, 7) is 3.49. The van der Waals surface area contributed by atoms with Crippen LogP contribution in [0.3, 0.4) is 0 Å². The quantitative estimate of drug-likeness (QED) is 0.795. The van der Waals surface area contributed by atoms with Gasteiger partial charge >= 0.3 is 5.97 Å². The number of carbonyl (C=O) groups is 1. The first kappa shape index (κ1) is 10.9. The highest BCUT2D eigenvalue weighted by Gasteiger charge is 2.18. The molecular weight excluding hydrogens is 206 g/mol. The first-order chi connectivity index (χ1) is 7.75. The topological polar surface area (TPSA) is 56.7 Å². The Morgan fingerprint density at radius 2 is 1.88 bits per heavy atom. The Morgan fingerprint density at radius 1 is 1.25 bits per heavy atom. The average Bonchev–Trinajstić information content (AvgIpc) is 2.30. The number of anilines is 1. The molecule has 0 aromatic carbocycles. The van der Waals surface area contributed by atoms with Crippen molar-refractivity contribution in [2.45, 2.75) is 0 Å². The van der Waals surface area contributed by atoms with Gasteiger partial charge in [-0.25, -0.2) is 0 Å². The molecule has 5 nitrogen and oxygen atoms in total. The summed E-state index contributed by atoms with van der Waals surface area (Å²) in [4.78, 5) is 18.7. The summed E-state index contributed by atoms with van der Waals surface area (Å²) in [5, 5.41) is 8.69. The zero-order valence-corrected chi connectivity index (χ0v) is 9.04. The molecule has 5 heteroatoms. The highest BCUT2D eigenvalue weighted by atomic mass is 16.4. The number of carboxylic acid groups (broad SMARTS) is 1. The van der Waals surface area contributed by atoms with E-state index in [9.17, 15) is 4.79 Å². The van der Waals surface area contributed by atoms with Crippen molar-refractivity contribution >= 4 is 11.7 Å². The number of aliphatic carboxylic acids is 1. The fourth-order valence-corrected chi connectivity index (χ4v) is 1.91. The Hall–Kier alpha value is -1.62. The summed E-state index contributed by atoms with van der Waals surface area (Å²) in [6.07, 6.45) is 3.55. The molecule has 86 valence electrons. The maximum absolute atomic E-state index is 10.6. The monoisotopic (exact) mass is 221 g/mol. The number of rotatable bonds is 3. The van der Waals surface area contributed by atoms with Crippen molar-refractivity contribution in [3.8, 4) is 0 Å². The van der Waals surface area contributed by atoms with Crippen molar-refractivity contribution in [2.24, 2.45) is 0 Å². The van der Waals surface area contributed by atoms with Gasteiger partial charge < -0.3 is 10.0 Å². The summed E-state index contributed by atoms with van der Waals surface area (Å²) in [5.41, 5.74) is 1.16. The SMILES string of the molecule is O=C(O)CN1CCN(c2ccncc2)CC1. The summed E-state index contributed by atoms with van der Waals surface area (Å²) in [5.74, 6) is -0.752. The molecule has 0 bridgehead atoms. The number of hydrogen-bond acceptors (Lipinski definition) is 4. The molecule has 0 saturated carbocycles. The number of carboxylic acids is 1. The third-order valence-corrected chi connectivity index (χ3v) is 2.76. The first-order valence-corrected chi connectivity index (χ1v) is 5.35. The molecule has 16 heavy (non-hydrogen) atoms. The Bertz CT molecular complexity index is 348. The van der Waals surface area contributed by atoms with Crippen LogP contribution in [-0.2, 0) is 4.79 Å². The van der Waals surface area contributed by atoms with E-state index in [0.29, 0.717) is 0 Å². The van der Waals surface area contributed by atoms with E-state index in [0.717, 1.165) is 31.9 Å². The number of nitrogens with zero attached hydrogens (tertiary/aromatic N) is 3. The zero-order valence-electron chi connectivity index (χ0n) is 9.04. The van der Waals surface area contributed by atoms with Crippen LogP contribution in [0.15, 0.2) is 24.5 Å². The second-order valence-corrected chi connectivity index (χ2v) is 3.86. The minimum absolute atomic E-state index is 0.143. The summed E-state index contributed by atoms with van der Waals surface area (Å²) >= 11 is 0. The Labute approximate surface area is 94.3 Å². The van der Waals surface area contributed by atoms with E-state index in [4.69, 9.17) is 5.11 Å². The lowest BCUT2D eigenvalue weighted by Crippen LogP contribution is -2.47. The maximum Gasteiger partial charge on any atom is 0.317 e. The predicted molar refractivity (Wildman–Crippen MR) is 60.5 cm³/mol. The van der Waals surface area contributed by atoms with Gasteiger partial charge in [-0.3, -0.25) is 14.7 Å². The van der Waals surface area contributed by atoms with E-state index in [1.807, 2.05) is 17.0 Å². The third kappa shape index (κ3) is 2.70. The lowest BCUT2D eigenvalue weighted by molar-refractivity contribution is -0.138. The van der Waals surface area contributed by atoms with Crippen LogP contribution in [0, 0.1) is 0 Å². The van der Waals surface area contributed by atoms with Gasteiger partial charge in [0.2, 0.25) is 0 Å². The number of pyridine rings is 1. The molecule has 2 heterocycles. The molecule has 1 aromatic heterocycles. The third-order valence-electron chi connectivity index (χ3n) is 2.76. The van der Waals surface area contributed by atoms with Crippen molar-refractivity contribution in [3.63, 3.8) is 0 Å².